The number of aromatic nitrogens is 4. The van der Waals surface area contributed by atoms with Crippen molar-refractivity contribution in [1.82, 2.24) is 19.6 Å². The smallest absolute Gasteiger partial charge is 0.0729 e. The molecule has 0 saturated heterocycles. The highest BCUT2D eigenvalue weighted by Crippen LogP contribution is 2.29. The van der Waals surface area contributed by atoms with E-state index >= 15 is 0 Å². The third-order valence-corrected chi connectivity index (χ3v) is 4.16. The van der Waals surface area contributed by atoms with Crippen molar-refractivity contribution < 1.29 is 0 Å². The summed E-state index contributed by atoms with van der Waals surface area (Å²) in [6.45, 7) is 5.90. The molecule has 0 aromatic carbocycles. The summed E-state index contributed by atoms with van der Waals surface area (Å²) in [6.07, 6.45) is 11.4. The highest BCUT2D eigenvalue weighted by Gasteiger charge is 2.18. The molecule has 0 unspecified atom stereocenters. The van der Waals surface area contributed by atoms with Gasteiger partial charge in [-0.05, 0) is 26.7 Å². The van der Waals surface area contributed by atoms with E-state index in [2.05, 4.69) is 40.2 Å². The Morgan fingerprint density at radius 3 is 2.80 bits per heavy atom. The summed E-state index contributed by atoms with van der Waals surface area (Å²) in [4.78, 5) is 0. The molecule has 5 nitrogen and oxygen atoms in total. The molecule has 0 aliphatic heterocycles. The third kappa shape index (κ3) is 2.71. The van der Waals surface area contributed by atoms with E-state index in [0.717, 1.165) is 24.5 Å². The van der Waals surface area contributed by atoms with Gasteiger partial charge >= 0.3 is 0 Å². The Labute approximate surface area is 120 Å². The van der Waals surface area contributed by atoms with E-state index in [0.29, 0.717) is 6.04 Å². The van der Waals surface area contributed by atoms with Gasteiger partial charge in [-0.15, -0.1) is 0 Å². The first-order valence-electron chi connectivity index (χ1n) is 7.57. The molecule has 0 radical (unpaired) electrons. The number of anilines is 1. The van der Waals surface area contributed by atoms with Crippen molar-refractivity contribution in [3.8, 4) is 0 Å². The van der Waals surface area contributed by atoms with Crippen molar-refractivity contribution in [2.24, 2.45) is 0 Å². The molecule has 2 heterocycles. The highest BCUT2D eigenvalue weighted by atomic mass is 15.3. The van der Waals surface area contributed by atoms with Crippen molar-refractivity contribution in [2.75, 3.05) is 5.32 Å². The van der Waals surface area contributed by atoms with Crippen LogP contribution in [0.15, 0.2) is 18.6 Å². The Bertz CT molecular complexity index is 563. The van der Waals surface area contributed by atoms with Gasteiger partial charge in [0.25, 0.3) is 0 Å². The first-order chi connectivity index (χ1) is 9.76. The first kappa shape index (κ1) is 13.2. The minimum atomic E-state index is 0.616. The van der Waals surface area contributed by atoms with Gasteiger partial charge in [-0.1, -0.05) is 12.8 Å². The third-order valence-electron chi connectivity index (χ3n) is 4.16. The topological polar surface area (TPSA) is 47.7 Å². The summed E-state index contributed by atoms with van der Waals surface area (Å²) in [7, 11) is 0. The van der Waals surface area contributed by atoms with Gasteiger partial charge in [-0.2, -0.15) is 10.2 Å². The maximum absolute atomic E-state index is 4.68. The molecule has 1 aliphatic rings. The Balaban J connectivity index is 1.64. The lowest BCUT2D eigenvalue weighted by Crippen LogP contribution is -2.05. The van der Waals surface area contributed by atoms with Crippen LogP contribution in [-0.2, 0) is 13.1 Å². The van der Waals surface area contributed by atoms with E-state index in [1.807, 2.05) is 17.1 Å². The van der Waals surface area contributed by atoms with Gasteiger partial charge in [0.2, 0.25) is 0 Å². The molecule has 1 fully saturated rings. The SMILES string of the molecule is CCn1cc(NCc2cn(C3CCCC3)nc2C)cn1. The molecule has 108 valence electrons. The summed E-state index contributed by atoms with van der Waals surface area (Å²) < 4.78 is 4.10. The van der Waals surface area contributed by atoms with E-state index in [-0.39, 0.29) is 0 Å². The molecule has 2 aromatic rings. The summed E-state index contributed by atoms with van der Waals surface area (Å²) >= 11 is 0. The van der Waals surface area contributed by atoms with E-state index in [1.54, 1.807) is 0 Å². The number of hydrogen-bond acceptors (Lipinski definition) is 3. The molecule has 3 rings (SSSR count). The van der Waals surface area contributed by atoms with Gasteiger partial charge in [0.1, 0.15) is 0 Å². The van der Waals surface area contributed by atoms with E-state index < -0.39 is 0 Å². The Kier molecular flexibility index (Phi) is 3.76. The Morgan fingerprint density at radius 2 is 2.10 bits per heavy atom. The number of aryl methyl sites for hydroxylation is 2. The predicted octanol–water partition coefficient (Wildman–Crippen LogP) is 3.14. The van der Waals surface area contributed by atoms with Gasteiger partial charge in [0.05, 0.1) is 23.6 Å². The van der Waals surface area contributed by atoms with Gasteiger partial charge in [-0.3, -0.25) is 9.36 Å². The molecule has 2 aromatic heterocycles. The summed E-state index contributed by atoms with van der Waals surface area (Å²) in [5, 5.41) is 12.4. The van der Waals surface area contributed by atoms with Crippen LogP contribution in [0.5, 0.6) is 0 Å². The molecule has 0 atom stereocenters. The molecule has 20 heavy (non-hydrogen) atoms. The van der Waals surface area contributed by atoms with E-state index in [1.165, 1.54) is 31.2 Å². The van der Waals surface area contributed by atoms with Gasteiger partial charge in [0.15, 0.2) is 0 Å². The van der Waals surface area contributed by atoms with Crippen LogP contribution in [0.1, 0.15) is 49.9 Å². The fraction of sp³-hybridized carbons (Fsp3) is 0.600. The molecule has 0 spiro atoms. The monoisotopic (exact) mass is 273 g/mol. The van der Waals surface area contributed by atoms with Crippen LogP contribution >= 0.6 is 0 Å². The zero-order chi connectivity index (χ0) is 13.9. The van der Waals surface area contributed by atoms with Crippen LogP contribution in [0, 0.1) is 6.92 Å². The van der Waals surface area contributed by atoms with E-state index in [4.69, 9.17) is 0 Å². The maximum Gasteiger partial charge on any atom is 0.0729 e. The second kappa shape index (κ2) is 5.69. The normalized spacial score (nSPS) is 15.9. The lowest BCUT2D eigenvalue weighted by Gasteiger charge is -2.08. The molecular weight excluding hydrogens is 250 g/mol. The van der Waals surface area contributed by atoms with Crippen molar-refractivity contribution in [2.45, 2.75) is 58.7 Å². The average molecular weight is 273 g/mol. The second-order valence-electron chi connectivity index (χ2n) is 5.60. The average Bonchev–Trinajstić information content (AvgIpc) is 3.17. The summed E-state index contributed by atoms with van der Waals surface area (Å²) in [5.41, 5.74) is 3.48. The zero-order valence-corrected chi connectivity index (χ0v) is 12.3. The standard InChI is InChI=1S/C15H23N5/c1-3-19-11-14(9-17-19)16-8-13-10-20(18-12(13)2)15-6-4-5-7-15/h9-11,15-16H,3-8H2,1-2H3. The minimum Gasteiger partial charge on any atom is -0.378 e. The molecule has 1 saturated carbocycles. The fourth-order valence-corrected chi connectivity index (χ4v) is 2.87. The number of hydrogen-bond donors (Lipinski definition) is 1. The van der Waals surface area contributed by atoms with Crippen molar-refractivity contribution >= 4 is 5.69 Å². The summed E-state index contributed by atoms with van der Waals surface area (Å²) in [5.74, 6) is 0. The molecular formula is C15H23N5. The van der Waals surface area contributed by atoms with Gasteiger partial charge < -0.3 is 5.32 Å². The molecule has 1 aliphatic carbocycles. The van der Waals surface area contributed by atoms with Crippen molar-refractivity contribution in [3.05, 3.63) is 29.8 Å². The minimum absolute atomic E-state index is 0.616. The predicted molar refractivity (Wildman–Crippen MR) is 79.7 cm³/mol. The van der Waals surface area contributed by atoms with Crippen LogP contribution in [0.25, 0.3) is 0 Å². The molecule has 1 N–H and O–H groups in total. The van der Waals surface area contributed by atoms with Crippen LogP contribution in [0.2, 0.25) is 0 Å². The Morgan fingerprint density at radius 1 is 1.30 bits per heavy atom. The largest absolute Gasteiger partial charge is 0.378 e. The number of nitrogens with zero attached hydrogens (tertiary/aromatic N) is 4. The van der Waals surface area contributed by atoms with Crippen molar-refractivity contribution in [3.63, 3.8) is 0 Å². The van der Waals surface area contributed by atoms with E-state index in [9.17, 15) is 0 Å². The van der Waals surface area contributed by atoms with Crippen LogP contribution in [0.3, 0.4) is 0 Å². The van der Waals surface area contributed by atoms with Gasteiger partial charge in [-0.25, -0.2) is 0 Å². The number of nitrogens with one attached hydrogen (secondary N) is 1. The molecule has 5 heteroatoms. The van der Waals surface area contributed by atoms with Gasteiger partial charge in [0, 0.05) is 31.0 Å². The van der Waals surface area contributed by atoms with Crippen LogP contribution < -0.4 is 5.32 Å². The fourth-order valence-electron chi connectivity index (χ4n) is 2.87. The maximum atomic E-state index is 4.68. The van der Waals surface area contributed by atoms with Crippen LogP contribution in [-0.4, -0.2) is 19.6 Å². The first-order valence-corrected chi connectivity index (χ1v) is 7.57. The second-order valence-corrected chi connectivity index (χ2v) is 5.60. The Hall–Kier alpha value is -1.78. The number of rotatable bonds is 5. The van der Waals surface area contributed by atoms with Crippen LogP contribution in [0.4, 0.5) is 5.69 Å². The lowest BCUT2D eigenvalue weighted by molar-refractivity contribution is 0.464. The zero-order valence-electron chi connectivity index (χ0n) is 12.3. The lowest BCUT2D eigenvalue weighted by atomic mass is 10.2. The quantitative estimate of drug-likeness (QED) is 0.910. The highest BCUT2D eigenvalue weighted by molar-refractivity contribution is 5.39. The van der Waals surface area contributed by atoms with Crippen molar-refractivity contribution in [1.29, 1.82) is 0 Å². The molecule has 0 bridgehead atoms. The summed E-state index contributed by atoms with van der Waals surface area (Å²) in [6, 6.07) is 0.616. The molecule has 0 amide bonds.